The topological polar surface area (TPSA) is 133 Å². The molecule has 0 aliphatic carbocycles. The monoisotopic (exact) mass is 437 g/mol. The zero-order valence-corrected chi connectivity index (χ0v) is 17.5. The van der Waals surface area contributed by atoms with Crippen molar-refractivity contribution in [2.75, 3.05) is 16.9 Å². The molecule has 0 radical (unpaired) electrons. The second-order valence-corrected chi connectivity index (χ2v) is 7.64. The van der Waals surface area contributed by atoms with Crippen LogP contribution in [0.3, 0.4) is 0 Å². The predicted octanol–water partition coefficient (Wildman–Crippen LogP) is 2.83. The molecule has 0 atom stereocenters. The van der Waals surface area contributed by atoms with Gasteiger partial charge in [0.1, 0.15) is 11.6 Å². The summed E-state index contributed by atoms with van der Waals surface area (Å²) >= 11 is 1.30. The van der Waals surface area contributed by atoms with Crippen molar-refractivity contribution in [3.63, 3.8) is 0 Å². The van der Waals surface area contributed by atoms with E-state index in [1.54, 1.807) is 18.2 Å². The van der Waals surface area contributed by atoms with Crippen LogP contribution in [0.4, 0.5) is 22.0 Å². The summed E-state index contributed by atoms with van der Waals surface area (Å²) in [5.41, 5.74) is 8.28. The number of nitrogen functional groups attached to an aromatic ring is 2. The number of para-hydroxylation sites is 1. The van der Waals surface area contributed by atoms with E-state index in [0.29, 0.717) is 34.1 Å². The molecule has 2 heterocycles. The van der Waals surface area contributed by atoms with E-state index in [1.807, 2.05) is 31.2 Å². The fourth-order valence-corrected chi connectivity index (χ4v) is 3.59. The molecule has 2 aromatic carbocycles. The van der Waals surface area contributed by atoms with Crippen molar-refractivity contribution in [1.29, 1.82) is 0 Å². The summed E-state index contributed by atoms with van der Waals surface area (Å²) in [5, 5.41) is 11.8. The van der Waals surface area contributed by atoms with Crippen LogP contribution in [-0.2, 0) is 12.2 Å². The maximum absolute atomic E-state index is 13.9. The summed E-state index contributed by atoms with van der Waals surface area (Å²) in [6.45, 7) is 1.98. The summed E-state index contributed by atoms with van der Waals surface area (Å²) in [6.07, 6.45) is 0.236. The van der Waals surface area contributed by atoms with E-state index in [2.05, 4.69) is 30.5 Å². The first-order valence-corrected chi connectivity index (χ1v) is 10.4. The van der Waals surface area contributed by atoms with Crippen molar-refractivity contribution in [2.45, 2.75) is 24.3 Å². The van der Waals surface area contributed by atoms with Crippen molar-refractivity contribution in [2.24, 2.45) is 0 Å². The van der Waals surface area contributed by atoms with Crippen molar-refractivity contribution >= 4 is 29.3 Å². The van der Waals surface area contributed by atoms with Crippen molar-refractivity contribution in [3.05, 3.63) is 77.1 Å². The summed E-state index contributed by atoms with van der Waals surface area (Å²) in [6, 6.07) is 14.3. The van der Waals surface area contributed by atoms with Gasteiger partial charge in [-0.3, -0.25) is 0 Å². The second kappa shape index (κ2) is 8.96. The third kappa shape index (κ3) is 4.89. The quantitative estimate of drug-likeness (QED) is 0.295. The maximum atomic E-state index is 13.9. The lowest BCUT2D eigenvalue weighted by Gasteiger charge is -2.09. The Balaban J connectivity index is 1.46. The van der Waals surface area contributed by atoms with Gasteiger partial charge in [-0.25, -0.2) is 9.07 Å². The molecule has 0 aliphatic rings. The van der Waals surface area contributed by atoms with Crippen LogP contribution >= 0.6 is 11.8 Å². The molecule has 0 saturated heterocycles. The average molecular weight is 438 g/mol. The van der Waals surface area contributed by atoms with Crippen molar-refractivity contribution in [3.8, 4) is 0 Å². The number of thioether (sulfide) groups is 1. The molecule has 0 fully saturated rings. The molecule has 4 aromatic rings. The number of anilines is 3. The lowest BCUT2D eigenvalue weighted by molar-refractivity contribution is 0.610. The average Bonchev–Trinajstić information content (AvgIpc) is 3.09. The number of aryl methyl sites for hydroxylation is 1. The SMILES string of the molecule is Cc1ccccc1Nc1nc(N)nc(CSc2nnc(Cc3ccccc3F)n2N)n1. The Bertz CT molecular complexity index is 1210. The van der Waals surface area contributed by atoms with Gasteiger partial charge in [-0.1, -0.05) is 48.2 Å². The number of nitrogens with two attached hydrogens (primary N) is 2. The van der Waals surface area contributed by atoms with Crippen LogP contribution in [0, 0.1) is 12.7 Å². The highest BCUT2D eigenvalue weighted by molar-refractivity contribution is 7.98. The highest BCUT2D eigenvalue weighted by Crippen LogP contribution is 2.22. The molecule has 0 spiro atoms. The van der Waals surface area contributed by atoms with Gasteiger partial charge in [0.15, 0.2) is 5.82 Å². The van der Waals surface area contributed by atoms with E-state index in [-0.39, 0.29) is 18.2 Å². The Labute approximate surface area is 182 Å². The number of hydrogen-bond donors (Lipinski definition) is 3. The molecule has 0 bridgehead atoms. The van der Waals surface area contributed by atoms with E-state index in [4.69, 9.17) is 11.6 Å². The number of benzene rings is 2. The summed E-state index contributed by atoms with van der Waals surface area (Å²) < 4.78 is 15.2. The Kier molecular flexibility index (Phi) is 5.94. The fraction of sp³-hybridized carbons (Fsp3) is 0.150. The number of halogens is 1. The molecule has 158 valence electrons. The van der Waals surface area contributed by atoms with Gasteiger partial charge in [-0.2, -0.15) is 15.0 Å². The van der Waals surface area contributed by atoms with Gasteiger partial charge in [0.05, 0.1) is 5.75 Å². The number of nitrogens with zero attached hydrogens (tertiary/aromatic N) is 6. The lowest BCUT2D eigenvalue weighted by atomic mass is 10.1. The molecule has 9 nitrogen and oxygen atoms in total. The van der Waals surface area contributed by atoms with Crippen LogP contribution in [0.2, 0.25) is 0 Å². The van der Waals surface area contributed by atoms with Gasteiger partial charge in [0, 0.05) is 12.1 Å². The van der Waals surface area contributed by atoms with Crippen LogP contribution < -0.4 is 16.9 Å². The van der Waals surface area contributed by atoms with Gasteiger partial charge in [0.2, 0.25) is 17.1 Å². The molecule has 4 rings (SSSR count). The first-order chi connectivity index (χ1) is 15.0. The molecule has 0 amide bonds. The van der Waals surface area contributed by atoms with Gasteiger partial charge in [-0.05, 0) is 30.2 Å². The molecule has 31 heavy (non-hydrogen) atoms. The minimum Gasteiger partial charge on any atom is -0.368 e. The van der Waals surface area contributed by atoms with Crippen LogP contribution in [0.5, 0.6) is 0 Å². The molecule has 2 aromatic heterocycles. The number of nitrogens with one attached hydrogen (secondary N) is 1. The Morgan fingerprint density at radius 2 is 1.81 bits per heavy atom. The fourth-order valence-electron chi connectivity index (χ4n) is 2.86. The van der Waals surface area contributed by atoms with Crippen LogP contribution in [0.15, 0.2) is 53.7 Å². The van der Waals surface area contributed by atoms with E-state index in [1.165, 1.54) is 22.5 Å². The predicted molar refractivity (Wildman–Crippen MR) is 118 cm³/mol. The van der Waals surface area contributed by atoms with Crippen LogP contribution in [0.25, 0.3) is 0 Å². The van der Waals surface area contributed by atoms with E-state index in [9.17, 15) is 4.39 Å². The molecule has 0 aliphatic heterocycles. The minimum absolute atomic E-state index is 0.108. The van der Waals surface area contributed by atoms with E-state index >= 15 is 0 Å². The highest BCUT2D eigenvalue weighted by atomic mass is 32.2. The molecular weight excluding hydrogens is 417 g/mol. The van der Waals surface area contributed by atoms with Crippen LogP contribution in [-0.4, -0.2) is 29.8 Å². The number of hydrogen-bond acceptors (Lipinski definition) is 9. The molecule has 11 heteroatoms. The van der Waals surface area contributed by atoms with Crippen molar-refractivity contribution in [1.82, 2.24) is 29.8 Å². The smallest absolute Gasteiger partial charge is 0.232 e. The third-order valence-electron chi connectivity index (χ3n) is 4.46. The van der Waals surface area contributed by atoms with Gasteiger partial charge < -0.3 is 16.9 Å². The van der Waals surface area contributed by atoms with E-state index < -0.39 is 0 Å². The zero-order chi connectivity index (χ0) is 21.8. The Morgan fingerprint density at radius 1 is 1.03 bits per heavy atom. The number of aromatic nitrogens is 6. The number of rotatable bonds is 7. The van der Waals surface area contributed by atoms with Gasteiger partial charge in [-0.15, -0.1) is 10.2 Å². The minimum atomic E-state index is -0.311. The first-order valence-electron chi connectivity index (χ1n) is 9.38. The van der Waals surface area contributed by atoms with Crippen molar-refractivity contribution < 1.29 is 4.39 Å². The molecule has 0 unspecified atom stereocenters. The zero-order valence-electron chi connectivity index (χ0n) is 16.7. The highest BCUT2D eigenvalue weighted by Gasteiger charge is 2.14. The largest absolute Gasteiger partial charge is 0.368 e. The lowest BCUT2D eigenvalue weighted by Crippen LogP contribution is -2.15. The molecule has 5 N–H and O–H groups in total. The van der Waals surface area contributed by atoms with E-state index in [0.717, 1.165) is 11.3 Å². The second-order valence-electron chi connectivity index (χ2n) is 6.70. The third-order valence-corrected chi connectivity index (χ3v) is 5.40. The standard InChI is InChI=1S/C20H20FN9S/c1-12-6-2-5-9-15(12)24-19-26-16(25-18(22)27-19)11-31-20-29-28-17(30(20)23)10-13-7-3-4-8-14(13)21/h2-9H,10-11,23H2,1H3,(H3,22,24,25,26,27). The van der Waals surface area contributed by atoms with Gasteiger partial charge in [0.25, 0.3) is 0 Å². The normalized spacial score (nSPS) is 10.9. The summed E-state index contributed by atoms with van der Waals surface area (Å²) in [7, 11) is 0. The van der Waals surface area contributed by atoms with Gasteiger partial charge >= 0.3 is 0 Å². The first kappa shape index (κ1) is 20.5. The Morgan fingerprint density at radius 3 is 2.61 bits per heavy atom. The summed E-state index contributed by atoms with van der Waals surface area (Å²) in [4.78, 5) is 12.7. The summed E-state index contributed by atoms with van der Waals surface area (Å²) in [5.74, 6) is 7.52. The Hall–Kier alpha value is -3.73. The van der Waals surface area contributed by atoms with Crippen LogP contribution in [0.1, 0.15) is 22.8 Å². The molecular formula is C20H20FN9S. The molecule has 0 saturated carbocycles. The maximum Gasteiger partial charge on any atom is 0.232 e.